The highest BCUT2D eigenvalue weighted by Gasteiger charge is 2.27. The van der Waals surface area contributed by atoms with Crippen LogP contribution in [0.25, 0.3) is 0 Å². The molecule has 0 radical (unpaired) electrons. The summed E-state index contributed by atoms with van der Waals surface area (Å²) in [4.78, 5) is 12.2. The van der Waals surface area contributed by atoms with Crippen molar-refractivity contribution in [3.63, 3.8) is 0 Å². The normalized spacial score (nSPS) is 13.5. The van der Waals surface area contributed by atoms with Crippen LogP contribution in [0.2, 0.25) is 0 Å². The monoisotopic (exact) mass is 366 g/mol. The van der Waals surface area contributed by atoms with E-state index in [-0.39, 0.29) is 29.6 Å². The molecule has 148 valence electrons. The van der Waals surface area contributed by atoms with Crippen LogP contribution in [0.1, 0.15) is 78.4 Å². The van der Waals surface area contributed by atoms with Gasteiger partial charge in [0.1, 0.15) is 11.5 Å². The molecule has 5 heteroatoms. The summed E-state index contributed by atoms with van der Waals surface area (Å²) in [6, 6.07) is 3.43. The maximum Gasteiger partial charge on any atom is 0.311 e. The molecular formula is C21H34O5. The molecule has 5 nitrogen and oxygen atoms in total. The van der Waals surface area contributed by atoms with Crippen LogP contribution in [0.4, 0.5) is 0 Å². The molecule has 0 aromatic heterocycles. The second-order valence-electron chi connectivity index (χ2n) is 8.90. The predicted octanol–water partition coefficient (Wildman–Crippen LogP) is 3.81. The number of hydrogen-bond donors (Lipinski definition) is 3. The Bertz CT molecular complexity index is 573. The Morgan fingerprint density at radius 1 is 1.04 bits per heavy atom. The summed E-state index contributed by atoms with van der Waals surface area (Å²) in [5, 5.41) is 29.2. The second-order valence-corrected chi connectivity index (χ2v) is 8.90. The molecular weight excluding hydrogens is 332 g/mol. The van der Waals surface area contributed by atoms with Gasteiger partial charge in [0.2, 0.25) is 0 Å². The molecule has 26 heavy (non-hydrogen) atoms. The lowest BCUT2D eigenvalue weighted by atomic mass is 9.79. The fraction of sp³-hybridized carbons (Fsp3) is 0.667. The highest BCUT2D eigenvalue weighted by atomic mass is 16.5. The average molecular weight is 366 g/mol. The first-order chi connectivity index (χ1) is 11.9. The molecule has 0 aliphatic carbocycles. The van der Waals surface area contributed by atoms with E-state index in [2.05, 4.69) is 0 Å². The predicted molar refractivity (Wildman–Crippen MR) is 103 cm³/mol. The Hall–Kier alpha value is -1.59. The van der Waals surface area contributed by atoms with Crippen LogP contribution >= 0.6 is 0 Å². The molecule has 1 aromatic rings. The van der Waals surface area contributed by atoms with Crippen molar-refractivity contribution in [1.82, 2.24) is 0 Å². The zero-order chi connectivity index (χ0) is 20.1. The minimum Gasteiger partial charge on any atom is -0.507 e. The summed E-state index contributed by atoms with van der Waals surface area (Å²) in [5.74, 6) is 0.232. The summed E-state index contributed by atoms with van der Waals surface area (Å²) >= 11 is 0. The van der Waals surface area contributed by atoms with Gasteiger partial charge in [-0.1, -0.05) is 41.5 Å². The van der Waals surface area contributed by atoms with E-state index in [0.717, 1.165) is 11.1 Å². The average Bonchev–Trinajstić information content (AvgIpc) is 2.50. The molecule has 0 spiro atoms. The molecule has 0 fully saturated rings. The van der Waals surface area contributed by atoms with E-state index in [1.165, 1.54) is 0 Å². The van der Waals surface area contributed by atoms with E-state index in [0.29, 0.717) is 25.0 Å². The molecule has 0 saturated carbocycles. The van der Waals surface area contributed by atoms with Gasteiger partial charge in [-0.2, -0.15) is 0 Å². The first kappa shape index (κ1) is 22.5. The molecule has 0 heterocycles. The number of carbonyl (C=O) groups is 1. The van der Waals surface area contributed by atoms with Crippen LogP contribution in [0.5, 0.6) is 11.5 Å². The number of carbonyl (C=O) groups excluding carboxylic acids is 1. The van der Waals surface area contributed by atoms with Gasteiger partial charge in [-0.15, -0.1) is 0 Å². The fourth-order valence-corrected chi connectivity index (χ4v) is 2.75. The molecule has 1 rings (SSSR count). The summed E-state index contributed by atoms with van der Waals surface area (Å²) in [5.41, 5.74) is 0.867. The number of aromatic hydroxyl groups is 1. The number of phenolic OH excluding ortho intramolecular Hbond substituents is 1. The summed E-state index contributed by atoms with van der Waals surface area (Å²) in [6.45, 7) is 12.0. The third-order valence-corrected chi connectivity index (χ3v) is 4.31. The number of aliphatic hydroxyl groups excluding tert-OH is 2. The third-order valence-electron chi connectivity index (χ3n) is 4.31. The SMILES string of the molecule is CC(C)(C)c1cc(OC(=O)CCC(O)CCCO)cc(C(C)(C)C)c1O. The third kappa shape index (κ3) is 6.61. The lowest BCUT2D eigenvalue weighted by Gasteiger charge is -2.28. The van der Waals surface area contributed by atoms with Crippen molar-refractivity contribution >= 4 is 5.97 Å². The van der Waals surface area contributed by atoms with Crippen molar-refractivity contribution in [2.75, 3.05) is 6.61 Å². The van der Waals surface area contributed by atoms with Crippen molar-refractivity contribution in [2.24, 2.45) is 0 Å². The number of benzene rings is 1. The Labute approximate surface area is 157 Å². The van der Waals surface area contributed by atoms with E-state index in [1.807, 2.05) is 41.5 Å². The minimum absolute atomic E-state index is 0.0280. The number of phenols is 1. The lowest BCUT2D eigenvalue weighted by molar-refractivity contribution is -0.135. The van der Waals surface area contributed by atoms with Gasteiger partial charge in [-0.3, -0.25) is 4.79 Å². The van der Waals surface area contributed by atoms with Gasteiger partial charge in [-0.25, -0.2) is 0 Å². The van der Waals surface area contributed by atoms with Crippen molar-refractivity contribution in [2.45, 2.75) is 84.2 Å². The first-order valence-electron chi connectivity index (χ1n) is 9.24. The Kier molecular flexibility index (Phi) is 7.66. The Morgan fingerprint density at radius 2 is 1.54 bits per heavy atom. The van der Waals surface area contributed by atoms with Crippen molar-refractivity contribution in [3.8, 4) is 11.5 Å². The van der Waals surface area contributed by atoms with Crippen LogP contribution in [0.15, 0.2) is 12.1 Å². The molecule has 0 aliphatic heterocycles. The maximum atomic E-state index is 12.2. The molecule has 0 saturated heterocycles. The van der Waals surface area contributed by atoms with Gasteiger partial charge >= 0.3 is 5.97 Å². The quantitative estimate of drug-likeness (QED) is 0.505. The van der Waals surface area contributed by atoms with Crippen LogP contribution in [-0.4, -0.2) is 34.0 Å². The van der Waals surface area contributed by atoms with Gasteiger partial charge < -0.3 is 20.1 Å². The zero-order valence-electron chi connectivity index (χ0n) is 16.9. The standard InChI is InChI=1S/C21H34O5/c1-20(2,3)16-12-15(13-17(19(16)25)21(4,5)6)26-18(24)10-9-14(23)8-7-11-22/h12-14,22-23,25H,7-11H2,1-6H3. The largest absolute Gasteiger partial charge is 0.507 e. The van der Waals surface area contributed by atoms with Gasteiger partial charge in [0.25, 0.3) is 0 Å². The molecule has 1 aromatic carbocycles. The number of esters is 1. The highest BCUT2D eigenvalue weighted by Crippen LogP contribution is 2.41. The topological polar surface area (TPSA) is 87.0 Å². The fourth-order valence-electron chi connectivity index (χ4n) is 2.75. The Morgan fingerprint density at radius 3 is 1.96 bits per heavy atom. The van der Waals surface area contributed by atoms with E-state index in [4.69, 9.17) is 9.84 Å². The summed E-state index contributed by atoms with van der Waals surface area (Å²) in [7, 11) is 0. The molecule has 3 N–H and O–H groups in total. The summed E-state index contributed by atoms with van der Waals surface area (Å²) in [6.07, 6.45) is 0.756. The molecule has 1 atom stereocenters. The smallest absolute Gasteiger partial charge is 0.311 e. The second kappa shape index (κ2) is 8.87. The van der Waals surface area contributed by atoms with E-state index in [9.17, 15) is 15.0 Å². The van der Waals surface area contributed by atoms with E-state index in [1.54, 1.807) is 12.1 Å². The van der Waals surface area contributed by atoms with Gasteiger partial charge in [0.05, 0.1) is 6.10 Å². The molecule has 0 amide bonds. The number of ether oxygens (including phenoxy) is 1. The van der Waals surface area contributed by atoms with Crippen LogP contribution in [0, 0.1) is 0 Å². The van der Waals surface area contributed by atoms with Crippen LogP contribution in [0.3, 0.4) is 0 Å². The van der Waals surface area contributed by atoms with E-state index < -0.39 is 12.1 Å². The van der Waals surface area contributed by atoms with E-state index >= 15 is 0 Å². The number of aliphatic hydroxyl groups is 2. The zero-order valence-corrected chi connectivity index (χ0v) is 16.9. The molecule has 1 unspecified atom stereocenters. The van der Waals surface area contributed by atoms with Crippen LogP contribution < -0.4 is 4.74 Å². The molecule has 0 bridgehead atoms. The number of hydrogen-bond acceptors (Lipinski definition) is 5. The first-order valence-corrected chi connectivity index (χ1v) is 9.24. The maximum absolute atomic E-state index is 12.2. The lowest BCUT2D eigenvalue weighted by Crippen LogP contribution is -2.19. The molecule has 0 aliphatic rings. The van der Waals surface area contributed by atoms with Crippen LogP contribution in [-0.2, 0) is 15.6 Å². The van der Waals surface area contributed by atoms with Crippen molar-refractivity contribution in [1.29, 1.82) is 0 Å². The van der Waals surface area contributed by atoms with Gasteiger partial charge in [-0.05, 0) is 42.2 Å². The summed E-state index contributed by atoms with van der Waals surface area (Å²) < 4.78 is 5.49. The highest BCUT2D eigenvalue weighted by molar-refractivity contribution is 5.73. The van der Waals surface area contributed by atoms with Crippen molar-refractivity contribution < 1.29 is 24.9 Å². The minimum atomic E-state index is -0.621. The Balaban J connectivity index is 2.97. The number of rotatable bonds is 7. The van der Waals surface area contributed by atoms with Gasteiger partial charge in [0, 0.05) is 24.2 Å². The van der Waals surface area contributed by atoms with Gasteiger partial charge in [0.15, 0.2) is 0 Å². The van der Waals surface area contributed by atoms with Crippen molar-refractivity contribution in [3.05, 3.63) is 23.3 Å².